The van der Waals surface area contributed by atoms with Gasteiger partial charge in [-0.1, -0.05) is 32.4 Å². The summed E-state index contributed by atoms with van der Waals surface area (Å²) < 4.78 is 5.95. The lowest BCUT2D eigenvalue weighted by Crippen LogP contribution is -2.22. The first-order valence-electron chi connectivity index (χ1n) is 7.15. The fourth-order valence-electron chi connectivity index (χ4n) is 1.84. The fraction of sp³-hybridized carbons (Fsp3) is 0.294. The molecule has 0 aliphatic heterocycles. The van der Waals surface area contributed by atoms with Crippen molar-refractivity contribution in [1.29, 1.82) is 0 Å². The minimum atomic E-state index is -0.511. The predicted molar refractivity (Wildman–Crippen MR) is 96.4 cm³/mol. The molecule has 2 rings (SSSR count). The van der Waals surface area contributed by atoms with E-state index in [0.29, 0.717) is 14.8 Å². The summed E-state index contributed by atoms with van der Waals surface area (Å²) in [6.45, 7) is 5.44. The van der Waals surface area contributed by atoms with Crippen molar-refractivity contribution in [1.82, 2.24) is 4.98 Å². The number of aromatic amines is 1. The lowest BCUT2D eigenvalue weighted by molar-refractivity contribution is -0.119. The molecule has 0 atom stereocenters. The van der Waals surface area contributed by atoms with Gasteiger partial charge in [0, 0.05) is 11.5 Å². The molecule has 0 radical (unpaired) electrons. The van der Waals surface area contributed by atoms with Crippen molar-refractivity contribution in [3.05, 3.63) is 42.3 Å². The topological polar surface area (TPSA) is 79.4 Å². The normalized spacial score (nSPS) is 13.4. The molecule has 0 saturated carbocycles. The van der Waals surface area contributed by atoms with E-state index in [1.54, 1.807) is 12.1 Å². The van der Waals surface area contributed by atoms with Gasteiger partial charge in [-0.25, -0.2) is 0 Å². The number of ether oxygens (including phenoxy) is 1. The van der Waals surface area contributed by atoms with Crippen molar-refractivity contribution in [2.45, 2.75) is 20.8 Å². The molecule has 0 aliphatic carbocycles. The predicted octanol–water partition coefficient (Wildman–Crippen LogP) is 2.03. The van der Waals surface area contributed by atoms with E-state index in [0.717, 1.165) is 0 Å². The summed E-state index contributed by atoms with van der Waals surface area (Å²) in [7, 11) is 1.41. The molecule has 1 aromatic heterocycles. The number of phenolic OH excluding ortho intramolecular Hbond substituents is 1. The first kappa shape index (κ1) is 18.3. The molecule has 7 heteroatoms. The van der Waals surface area contributed by atoms with Gasteiger partial charge < -0.3 is 14.8 Å². The van der Waals surface area contributed by atoms with Crippen LogP contribution in [0, 0.1) is 5.41 Å². The highest BCUT2D eigenvalue weighted by Crippen LogP contribution is 2.34. The summed E-state index contributed by atoms with van der Waals surface area (Å²) in [6.07, 6.45) is 3.06. The molecule has 0 fully saturated rings. The first-order valence-corrected chi connectivity index (χ1v) is 8.35. The fourth-order valence-corrected chi connectivity index (χ4v) is 2.95. The Hall–Kier alpha value is -2.05. The number of methoxy groups -OCH3 is 1. The van der Waals surface area contributed by atoms with Crippen LogP contribution in [0.3, 0.4) is 0 Å². The number of phenols is 1. The van der Waals surface area contributed by atoms with E-state index in [9.17, 15) is 14.7 Å². The number of ketones is 1. The highest BCUT2D eigenvalue weighted by molar-refractivity contribution is 7.07. The number of Topliss-reactive ketones (excluding diaryl/α,β-unsaturated/α-hetero) is 1. The number of benzene rings is 1. The summed E-state index contributed by atoms with van der Waals surface area (Å²) in [6, 6.07) is 3.10. The molecule has 0 bridgehead atoms. The van der Waals surface area contributed by atoms with Gasteiger partial charge in [-0.05, 0) is 23.8 Å². The number of aromatic nitrogens is 1. The molecule has 2 N–H and O–H groups in total. The smallest absolute Gasteiger partial charge is 0.266 e. The monoisotopic (exact) mass is 367 g/mol. The maximum absolute atomic E-state index is 12.1. The third-order valence-electron chi connectivity index (χ3n) is 3.25. The average Bonchev–Trinajstić information content (AvgIpc) is 2.81. The standard InChI is InChI=1S/C17H18ClNO4S/c1-17(2,3)13(20)8-14-19-16(22)12(24-14)7-9-5-10(18)15(21)11(6-9)23-4/h5-8,21H,1-4H3,(H,19,22)/b12-7-,14-8-. The number of carbonyl (C=O) groups excluding carboxylic acids is 1. The second-order valence-electron chi connectivity index (χ2n) is 6.24. The zero-order valence-corrected chi connectivity index (χ0v) is 15.3. The number of carbonyl (C=O) groups is 1. The molecule has 0 aliphatic rings. The van der Waals surface area contributed by atoms with Crippen molar-refractivity contribution >= 4 is 40.9 Å². The summed E-state index contributed by atoms with van der Waals surface area (Å²) in [5, 5.41) is 9.87. The molecule has 2 aromatic rings. The van der Waals surface area contributed by atoms with Gasteiger partial charge in [-0.15, -0.1) is 11.3 Å². The SMILES string of the molecule is COc1cc(/C=c2\s/c(=C\C(=O)C(C)(C)C)[nH]c2=O)cc(Cl)c1O. The second-order valence-corrected chi connectivity index (χ2v) is 7.73. The van der Waals surface area contributed by atoms with Crippen LogP contribution in [0.2, 0.25) is 5.02 Å². The Morgan fingerprint density at radius 3 is 2.62 bits per heavy atom. The maximum Gasteiger partial charge on any atom is 0.266 e. The molecule has 24 heavy (non-hydrogen) atoms. The minimum absolute atomic E-state index is 0.0686. The molecule has 1 aromatic carbocycles. The summed E-state index contributed by atoms with van der Waals surface area (Å²) in [4.78, 5) is 26.8. The van der Waals surface area contributed by atoms with E-state index < -0.39 is 5.41 Å². The Morgan fingerprint density at radius 1 is 1.38 bits per heavy atom. The lowest BCUT2D eigenvalue weighted by Gasteiger charge is -2.12. The Bertz CT molecular complexity index is 950. The summed E-state index contributed by atoms with van der Waals surface area (Å²) in [5.74, 6) is -0.00136. The van der Waals surface area contributed by atoms with Crippen LogP contribution in [-0.2, 0) is 4.79 Å². The van der Waals surface area contributed by atoms with E-state index in [1.165, 1.54) is 30.6 Å². The zero-order valence-electron chi connectivity index (χ0n) is 13.8. The van der Waals surface area contributed by atoms with Gasteiger partial charge in [-0.2, -0.15) is 0 Å². The number of thiazole rings is 1. The molecule has 0 amide bonds. The highest BCUT2D eigenvalue weighted by atomic mass is 35.5. The van der Waals surface area contributed by atoms with E-state index in [2.05, 4.69) is 4.98 Å². The quantitative estimate of drug-likeness (QED) is 0.870. The number of H-pyrrole nitrogens is 1. The van der Waals surface area contributed by atoms with Gasteiger partial charge in [0.15, 0.2) is 17.3 Å². The van der Waals surface area contributed by atoms with Gasteiger partial charge in [0.05, 0.1) is 21.3 Å². The number of aromatic hydroxyl groups is 1. The molecular weight excluding hydrogens is 350 g/mol. The van der Waals surface area contributed by atoms with Crippen molar-refractivity contribution < 1.29 is 14.6 Å². The van der Waals surface area contributed by atoms with Crippen LogP contribution in [-0.4, -0.2) is 23.0 Å². The lowest BCUT2D eigenvalue weighted by atomic mass is 9.91. The third-order valence-corrected chi connectivity index (χ3v) is 4.50. The molecule has 0 spiro atoms. The molecule has 0 saturated heterocycles. The van der Waals surface area contributed by atoms with E-state index in [4.69, 9.17) is 16.3 Å². The third kappa shape index (κ3) is 4.07. The number of halogens is 1. The van der Waals surface area contributed by atoms with Crippen LogP contribution in [0.1, 0.15) is 26.3 Å². The summed E-state index contributed by atoms with van der Waals surface area (Å²) in [5.41, 5.74) is -0.199. The van der Waals surface area contributed by atoms with E-state index in [1.807, 2.05) is 20.8 Å². The van der Waals surface area contributed by atoms with Crippen molar-refractivity contribution in [3.8, 4) is 11.5 Å². The van der Waals surface area contributed by atoms with E-state index >= 15 is 0 Å². The Balaban J connectivity index is 2.54. The van der Waals surface area contributed by atoms with Gasteiger partial charge in [0.25, 0.3) is 5.56 Å². The molecule has 5 nitrogen and oxygen atoms in total. The van der Waals surface area contributed by atoms with Crippen molar-refractivity contribution in [2.24, 2.45) is 5.41 Å². The Morgan fingerprint density at radius 2 is 2.04 bits per heavy atom. The Labute approximate surface area is 147 Å². The van der Waals surface area contributed by atoms with E-state index in [-0.39, 0.29) is 27.9 Å². The van der Waals surface area contributed by atoms with Crippen LogP contribution >= 0.6 is 22.9 Å². The molecular formula is C17H18ClNO4S. The number of nitrogens with one attached hydrogen (secondary N) is 1. The maximum atomic E-state index is 12.1. The minimum Gasteiger partial charge on any atom is -0.503 e. The van der Waals surface area contributed by atoms with Crippen LogP contribution < -0.4 is 19.5 Å². The van der Waals surface area contributed by atoms with Gasteiger partial charge >= 0.3 is 0 Å². The van der Waals surface area contributed by atoms with Crippen LogP contribution in [0.4, 0.5) is 0 Å². The Kier molecular flexibility index (Phi) is 5.20. The van der Waals surface area contributed by atoms with Crippen molar-refractivity contribution in [2.75, 3.05) is 7.11 Å². The van der Waals surface area contributed by atoms with Gasteiger partial charge in [-0.3, -0.25) is 9.59 Å². The zero-order chi connectivity index (χ0) is 18.1. The second kappa shape index (κ2) is 6.83. The average molecular weight is 368 g/mol. The van der Waals surface area contributed by atoms with Crippen LogP contribution in [0.15, 0.2) is 16.9 Å². The summed E-state index contributed by atoms with van der Waals surface area (Å²) >= 11 is 7.12. The van der Waals surface area contributed by atoms with Gasteiger partial charge in [0.1, 0.15) is 0 Å². The largest absolute Gasteiger partial charge is 0.503 e. The molecule has 0 unspecified atom stereocenters. The molecule has 128 valence electrons. The molecule has 1 heterocycles. The highest BCUT2D eigenvalue weighted by Gasteiger charge is 2.18. The first-order chi connectivity index (χ1) is 11.1. The van der Waals surface area contributed by atoms with Crippen LogP contribution in [0.25, 0.3) is 12.2 Å². The van der Waals surface area contributed by atoms with Gasteiger partial charge in [0.2, 0.25) is 0 Å². The number of hydrogen-bond donors (Lipinski definition) is 2. The van der Waals surface area contributed by atoms with Crippen LogP contribution in [0.5, 0.6) is 11.5 Å². The number of hydrogen-bond acceptors (Lipinski definition) is 5. The number of rotatable bonds is 3. The van der Waals surface area contributed by atoms with Crippen molar-refractivity contribution in [3.63, 3.8) is 0 Å².